The predicted molar refractivity (Wildman–Crippen MR) is 10.5 cm³/mol. The molecule has 0 saturated carbocycles. The summed E-state index contributed by atoms with van der Waals surface area (Å²) < 4.78 is 34.1. The first-order chi connectivity index (χ1) is 2.00. The van der Waals surface area contributed by atoms with Crippen LogP contribution in [-0.4, -0.2) is 17.5 Å². The van der Waals surface area contributed by atoms with E-state index in [1.54, 1.807) is 0 Å². The third kappa shape index (κ3) is 104. The van der Waals surface area contributed by atoms with Crippen LogP contribution in [0, 0.1) is 0 Å². The van der Waals surface area contributed by atoms with Crippen LogP contribution in [0.3, 0.4) is 0 Å². The molecule has 0 aromatic carbocycles. The van der Waals surface area contributed by atoms with Gasteiger partial charge in [-0.3, -0.25) is 8.42 Å². The van der Waals surface area contributed by atoms with Crippen molar-refractivity contribution >= 4 is 10.4 Å². The predicted octanol–water partition coefficient (Wildman–Crippen LogP) is -1.34. The van der Waals surface area contributed by atoms with E-state index in [9.17, 15) is 0 Å². The van der Waals surface area contributed by atoms with Gasteiger partial charge in [-0.15, -0.1) is 0 Å². The standard InChI is InChI=1S/Ni.H2O4S.Y/c;1-5(2,3)4;/h;(H2,1,2,3,4);/q+2;;+3/p-2. The Balaban J connectivity index is -0.0000000800. The monoisotopic (exact) mass is 243 g/mol. The fourth-order valence-electron chi connectivity index (χ4n) is 0. The summed E-state index contributed by atoms with van der Waals surface area (Å²) in [4.78, 5) is 0. The van der Waals surface area contributed by atoms with Gasteiger partial charge in [0.2, 0.25) is 0 Å². The van der Waals surface area contributed by atoms with Gasteiger partial charge in [0.1, 0.15) is 0 Å². The summed E-state index contributed by atoms with van der Waals surface area (Å²) in [6, 6.07) is 0. The minimum atomic E-state index is -5.17. The minimum absolute atomic E-state index is 0. The molecule has 0 amide bonds. The maximum absolute atomic E-state index is 8.52. The molecule has 7 heteroatoms. The number of hydrogen-bond donors (Lipinski definition) is 0. The van der Waals surface area contributed by atoms with Crippen molar-refractivity contribution in [2.75, 3.05) is 0 Å². The van der Waals surface area contributed by atoms with Crippen LogP contribution >= 0.6 is 0 Å². The first-order valence-electron chi connectivity index (χ1n) is 0.667. The Bertz CT molecular complexity index is 94.9. The van der Waals surface area contributed by atoms with Crippen LogP contribution in [0.5, 0.6) is 0 Å². The molecule has 0 N–H and O–H groups in total. The van der Waals surface area contributed by atoms with Gasteiger partial charge in [-0.05, 0) is 0 Å². The van der Waals surface area contributed by atoms with Crippen LogP contribution in [0.25, 0.3) is 0 Å². The van der Waals surface area contributed by atoms with Gasteiger partial charge in [0.15, 0.2) is 0 Å². The average molecular weight is 244 g/mol. The van der Waals surface area contributed by atoms with Gasteiger partial charge in [-0.25, -0.2) is 0 Å². The van der Waals surface area contributed by atoms with Gasteiger partial charge < -0.3 is 9.11 Å². The zero-order chi connectivity index (χ0) is 4.50. The van der Waals surface area contributed by atoms with Crippen molar-refractivity contribution in [2.45, 2.75) is 0 Å². The van der Waals surface area contributed by atoms with Gasteiger partial charge in [0, 0.05) is 10.4 Å². The molecule has 0 atom stereocenters. The molecule has 0 spiro atoms. The summed E-state index contributed by atoms with van der Waals surface area (Å²) in [6.07, 6.45) is 0. The summed E-state index contributed by atoms with van der Waals surface area (Å²) in [5.74, 6) is 0. The zero-order valence-electron chi connectivity index (χ0n) is 2.93. The van der Waals surface area contributed by atoms with Crippen molar-refractivity contribution in [2.24, 2.45) is 0 Å². The fraction of sp³-hybridized carbons (Fsp3) is 0. The van der Waals surface area contributed by atoms with E-state index < -0.39 is 10.4 Å². The maximum Gasteiger partial charge on any atom is 3.00 e. The first-order valence-corrected chi connectivity index (χ1v) is 2.00. The largest absolute Gasteiger partial charge is 3.00 e. The SMILES string of the molecule is O=S(=O)([O-])[O-].[Ni+2].[Y+3]. The molecule has 0 heterocycles. The Morgan fingerprint density at radius 3 is 1.14 bits per heavy atom. The Morgan fingerprint density at radius 2 is 1.14 bits per heavy atom. The molecule has 40 valence electrons. The molecule has 4 nitrogen and oxygen atoms in total. The van der Waals surface area contributed by atoms with E-state index in [1.165, 1.54) is 0 Å². The van der Waals surface area contributed by atoms with Gasteiger partial charge in [-0.2, -0.15) is 0 Å². The summed E-state index contributed by atoms with van der Waals surface area (Å²) in [6.45, 7) is 0. The van der Waals surface area contributed by atoms with E-state index in [4.69, 9.17) is 17.5 Å². The molecule has 7 heavy (non-hydrogen) atoms. The van der Waals surface area contributed by atoms with Crippen molar-refractivity contribution < 1.29 is 66.7 Å². The van der Waals surface area contributed by atoms with Gasteiger partial charge in [0.25, 0.3) is 0 Å². The molecule has 0 aromatic heterocycles. The van der Waals surface area contributed by atoms with Crippen molar-refractivity contribution in [3.8, 4) is 0 Å². The molecule has 0 aliphatic rings. The summed E-state index contributed by atoms with van der Waals surface area (Å²) >= 11 is 0. The summed E-state index contributed by atoms with van der Waals surface area (Å²) in [7, 11) is -5.17. The Labute approximate surface area is 76.4 Å². The molecular weight excluding hydrogens is 244 g/mol. The van der Waals surface area contributed by atoms with Crippen molar-refractivity contribution in [3.05, 3.63) is 0 Å². The Hall–Kier alpha value is 1.47. The van der Waals surface area contributed by atoms with Gasteiger partial charge >= 0.3 is 49.2 Å². The second-order valence-electron chi connectivity index (χ2n) is 0.408. The third-order valence-corrected chi connectivity index (χ3v) is 0. The van der Waals surface area contributed by atoms with Crippen molar-refractivity contribution in [1.82, 2.24) is 0 Å². The Kier molecular flexibility index (Phi) is 12.6. The molecule has 0 radical (unpaired) electrons. The maximum atomic E-state index is 8.52. The van der Waals surface area contributed by atoms with Crippen LogP contribution in [0.2, 0.25) is 0 Å². The first kappa shape index (κ1) is 15.8. The summed E-state index contributed by atoms with van der Waals surface area (Å²) in [5, 5.41) is 0. The second kappa shape index (κ2) is 5.60. The molecule has 0 rings (SSSR count). The normalized spacial score (nSPS) is 8.29. The third-order valence-electron chi connectivity index (χ3n) is 0. The van der Waals surface area contributed by atoms with Crippen LogP contribution in [0.4, 0.5) is 0 Å². The van der Waals surface area contributed by atoms with Crippen LogP contribution in [0.1, 0.15) is 0 Å². The molecule has 0 aromatic rings. The Morgan fingerprint density at radius 1 is 1.14 bits per heavy atom. The van der Waals surface area contributed by atoms with Gasteiger partial charge in [0.05, 0.1) is 0 Å². The number of hydrogen-bond acceptors (Lipinski definition) is 4. The van der Waals surface area contributed by atoms with E-state index >= 15 is 0 Å². The quantitative estimate of drug-likeness (QED) is 0.300. The topological polar surface area (TPSA) is 80.3 Å². The number of rotatable bonds is 0. The van der Waals surface area contributed by atoms with Gasteiger partial charge in [-0.1, -0.05) is 0 Å². The fourth-order valence-corrected chi connectivity index (χ4v) is 0. The van der Waals surface area contributed by atoms with E-state index in [1.807, 2.05) is 0 Å². The molecule has 0 aliphatic heterocycles. The molecule has 0 saturated heterocycles. The molecule has 0 fully saturated rings. The molecule has 0 bridgehead atoms. The smallest absolute Gasteiger partial charge is 0.759 e. The summed E-state index contributed by atoms with van der Waals surface area (Å²) in [5.41, 5.74) is 0. The molecule has 0 unspecified atom stereocenters. The van der Waals surface area contributed by atoms with E-state index in [0.717, 1.165) is 0 Å². The minimum Gasteiger partial charge on any atom is -0.759 e. The second-order valence-corrected chi connectivity index (χ2v) is 1.22. The van der Waals surface area contributed by atoms with E-state index in [2.05, 4.69) is 0 Å². The molecule has 0 aliphatic carbocycles. The van der Waals surface area contributed by atoms with Crippen LogP contribution in [-0.2, 0) is 59.6 Å². The van der Waals surface area contributed by atoms with Crippen LogP contribution in [0.15, 0.2) is 0 Å². The average Bonchev–Trinajstić information content (AvgIpc) is 0.722. The zero-order valence-corrected chi connectivity index (χ0v) is 7.58. The van der Waals surface area contributed by atoms with Crippen molar-refractivity contribution in [3.63, 3.8) is 0 Å². The van der Waals surface area contributed by atoms with Crippen LogP contribution < -0.4 is 0 Å². The molecular formula is NiO4SY+3. The van der Waals surface area contributed by atoms with E-state index in [0.29, 0.717) is 0 Å². The van der Waals surface area contributed by atoms with Crippen molar-refractivity contribution in [1.29, 1.82) is 0 Å². The van der Waals surface area contributed by atoms with E-state index in [-0.39, 0.29) is 49.2 Å².